The highest BCUT2D eigenvalue weighted by molar-refractivity contribution is 5.84. The Kier molecular flexibility index (Phi) is 12.4. The molecule has 4 atom stereocenters. The molecule has 5 nitrogen and oxygen atoms in total. The summed E-state index contributed by atoms with van der Waals surface area (Å²) < 4.78 is 4.63. The summed E-state index contributed by atoms with van der Waals surface area (Å²) in [5.41, 5.74) is -0.719. The number of Topliss-reactive ketones (excluding diaryl/α,β-unsaturated/α-hetero) is 1. The molecular weight excluding hydrogens is 368 g/mol. The summed E-state index contributed by atoms with van der Waals surface area (Å²) in [5, 5.41) is 20.7. The Bertz CT molecular complexity index is 511. The molecule has 29 heavy (non-hydrogen) atoms. The smallest absolute Gasteiger partial charge is 0.305 e. The summed E-state index contributed by atoms with van der Waals surface area (Å²) >= 11 is 0. The van der Waals surface area contributed by atoms with Crippen LogP contribution in [0.15, 0.2) is 12.2 Å². The van der Waals surface area contributed by atoms with Crippen LogP contribution in [0.1, 0.15) is 97.3 Å². The number of aliphatic hydroxyl groups excluding tert-OH is 1. The summed E-state index contributed by atoms with van der Waals surface area (Å²) in [7, 11) is 1.42. The number of hydrogen-bond donors (Lipinski definition) is 2. The fraction of sp³-hybridized carbons (Fsp3) is 0.833. The monoisotopic (exact) mass is 410 g/mol. The third-order valence-electron chi connectivity index (χ3n) is 6.09. The quantitative estimate of drug-likeness (QED) is 0.232. The normalized spacial score (nSPS) is 24.2. The van der Waals surface area contributed by atoms with Crippen LogP contribution in [0, 0.1) is 11.8 Å². The van der Waals surface area contributed by atoms with Gasteiger partial charge in [0.25, 0.3) is 0 Å². The predicted molar refractivity (Wildman–Crippen MR) is 115 cm³/mol. The van der Waals surface area contributed by atoms with Crippen molar-refractivity contribution in [1.29, 1.82) is 0 Å². The number of rotatable bonds is 15. The van der Waals surface area contributed by atoms with Crippen LogP contribution in [0.2, 0.25) is 0 Å². The topological polar surface area (TPSA) is 83.8 Å². The molecule has 0 aromatic heterocycles. The number of carbonyl (C=O) groups excluding carboxylic acids is 2. The van der Waals surface area contributed by atoms with E-state index in [2.05, 4.69) is 11.7 Å². The van der Waals surface area contributed by atoms with E-state index in [1.165, 1.54) is 7.11 Å². The molecule has 0 aromatic carbocycles. The molecule has 0 spiro atoms. The average molecular weight is 411 g/mol. The van der Waals surface area contributed by atoms with Gasteiger partial charge in [-0.25, -0.2) is 0 Å². The van der Waals surface area contributed by atoms with Crippen molar-refractivity contribution in [3.8, 4) is 0 Å². The Balaban J connectivity index is 2.32. The molecule has 5 heteroatoms. The molecule has 0 radical (unpaired) electrons. The fourth-order valence-electron chi connectivity index (χ4n) is 4.17. The van der Waals surface area contributed by atoms with Crippen molar-refractivity contribution in [3.63, 3.8) is 0 Å². The van der Waals surface area contributed by atoms with Gasteiger partial charge in [0.1, 0.15) is 5.78 Å². The second-order valence-corrected chi connectivity index (χ2v) is 8.89. The zero-order valence-corrected chi connectivity index (χ0v) is 18.7. The number of unbranched alkanes of at least 4 members (excludes halogenated alkanes) is 6. The van der Waals surface area contributed by atoms with Crippen molar-refractivity contribution in [2.75, 3.05) is 7.11 Å². The van der Waals surface area contributed by atoms with E-state index in [4.69, 9.17) is 0 Å². The van der Waals surface area contributed by atoms with Crippen molar-refractivity contribution in [2.45, 2.75) is 109 Å². The van der Waals surface area contributed by atoms with Crippen LogP contribution in [0.4, 0.5) is 0 Å². The van der Waals surface area contributed by atoms with Crippen LogP contribution in [0.3, 0.4) is 0 Å². The van der Waals surface area contributed by atoms with Gasteiger partial charge in [0, 0.05) is 24.7 Å². The zero-order valence-electron chi connectivity index (χ0n) is 18.7. The van der Waals surface area contributed by atoms with Gasteiger partial charge in [-0.1, -0.05) is 64.0 Å². The lowest BCUT2D eigenvalue weighted by Gasteiger charge is -2.22. The minimum Gasteiger partial charge on any atom is -0.469 e. The molecule has 0 aliphatic heterocycles. The molecule has 1 aliphatic carbocycles. The minimum atomic E-state index is -0.719. The lowest BCUT2D eigenvalue weighted by molar-refractivity contribution is -0.140. The maximum atomic E-state index is 12.3. The Hall–Kier alpha value is -1.20. The number of esters is 1. The Morgan fingerprint density at radius 1 is 1.17 bits per heavy atom. The van der Waals surface area contributed by atoms with Crippen molar-refractivity contribution in [1.82, 2.24) is 0 Å². The third-order valence-corrected chi connectivity index (χ3v) is 6.09. The average Bonchev–Trinajstić information content (AvgIpc) is 2.94. The molecule has 1 saturated carbocycles. The summed E-state index contributed by atoms with van der Waals surface area (Å²) in [4.78, 5) is 23.4. The van der Waals surface area contributed by atoms with Crippen LogP contribution in [0.25, 0.3) is 0 Å². The number of ether oxygens (including phenoxy) is 1. The van der Waals surface area contributed by atoms with Crippen LogP contribution in [0.5, 0.6) is 0 Å². The van der Waals surface area contributed by atoms with E-state index in [1.807, 2.05) is 19.1 Å². The van der Waals surface area contributed by atoms with Crippen LogP contribution in [-0.2, 0) is 14.3 Å². The molecule has 1 rings (SSSR count). The third kappa shape index (κ3) is 10.4. The van der Waals surface area contributed by atoms with Crippen molar-refractivity contribution in [2.24, 2.45) is 11.8 Å². The summed E-state index contributed by atoms with van der Waals surface area (Å²) in [6.07, 6.45) is 14.4. The van der Waals surface area contributed by atoms with Crippen LogP contribution < -0.4 is 0 Å². The Morgan fingerprint density at radius 2 is 1.83 bits per heavy atom. The van der Waals surface area contributed by atoms with Crippen molar-refractivity contribution < 1.29 is 24.5 Å². The van der Waals surface area contributed by atoms with E-state index in [9.17, 15) is 19.8 Å². The van der Waals surface area contributed by atoms with E-state index < -0.39 is 11.7 Å². The van der Waals surface area contributed by atoms with E-state index in [0.717, 1.165) is 64.2 Å². The molecule has 1 fully saturated rings. The first kappa shape index (κ1) is 25.8. The molecule has 0 amide bonds. The van der Waals surface area contributed by atoms with Gasteiger partial charge < -0.3 is 14.9 Å². The zero-order chi connectivity index (χ0) is 21.7. The maximum absolute atomic E-state index is 12.3. The highest BCUT2D eigenvalue weighted by atomic mass is 16.5. The highest BCUT2D eigenvalue weighted by Gasteiger charge is 2.39. The molecule has 0 bridgehead atoms. The number of methoxy groups -OCH3 is 1. The van der Waals surface area contributed by atoms with Gasteiger partial charge in [-0.2, -0.15) is 0 Å². The largest absolute Gasteiger partial charge is 0.469 e. The highest BCUT2D eigenvalue weighted by Crippen LogP contribution is 2.34. The van der Waals surface area contributed by atoms with Gasteiger partial charge in [0.2, 0.25) is 0 Å². The Labute approximate surface area is 176 Å². The summed E-state index contributed by atoms with van der Waals surface area (Å²) in [6.45, 7) is 3.96. The van der Waals surface area contributed by atoms with Gasteiger partial charge in [0.05, 0.1) is 18.8 Å². The van der Waals surface area contributed by atoms with Crippen molar-refractivity contribution >= 4 is 11.8 Å². The molecule has 0 heterocycles. The summed E-state index contributed by atoms with van der Waals surface area (Å²) in [6, 6.07) is 0. The number of aliphatic hydroxyl groups is 2. The van der Waals surface area contributed by atoms with Crippen molar-refractivity contribution in [3.05, 3.63) is 12.2 Å². The van der Waals surface area contributed by atoms with Gasteiger partial charge in [-0.3, -0.25) is 9.59 Å². The van der Waals surface area contributed by atoms with Crippen LogP contribution >= 0.6 is 0 Å². The molecule has 0 saturated heterocycles. The van der Waals surface area contributed by atoms with E-state index in [-0.39, 0.29) is 30.0 Å². The van der Waals surface area contributed by atoms with Gasteiger partial charge >= 0.3 is 5.97 Å². The van der Waals surface area contributed by atoms with E-state index >= 15 is 0 Å². The molecule has 1 aliphatic rings. The van der Waals surface area contributed by atoms with Gasteiger partial charge in [0.15, 0.2) is 0 Å². The maximum Gasteiger partial charge on any atom is 0.305 e. The lowest BCUT2D eigenvalue weighted by Crippen LogP contribution is -2.23. The lowest BCUT2D eigenvalue weighted by atomic mass is 9.87. The number of carbonyl (C=O) groups is 2. The van der Waals surface area contributed by atoms with E-state index in [0.29, 0.717) is 12.8 Å². The molecular formula is C24H42O5. The first-order chi connectivity index (χ1) is 13.8. The predicted octanol–water partition coefficient (Wildman–Crippen LogP) is 4.73. The van der Waals surface area contributed by atoms with Gasteiger partial charge in [-0.05, 0) is 32.6 Å². The Morgan fingerprint density at radius 3 is 2.48 bits per heavy atom. The standard InChI is InChI=1S/C24H42O5/c1-4-5-16-24(2,28)17-12-14-20-19(21(25)18-22(20)26)13-10-8-6-7-9-11-15-23(27)29-3/h12,14,19-20,22,26,28H,4-11,13,15-18H2,1-3H3/t19-,20+,22-,24-/m0/s1. The first-order valence-corrected chi connectivity index (χ1v) is 11.5. The first-order valence-electron chi connectivity index (χ1n) is 11.5. The van der Waals surface area contributed by atoms with E-state index in [1.54, 1.807) is 0 Å². The number of hydrogen-bond acceptors (Lipinski definition) is 5. The van der Waals surface area contributed by atoms with Gasteiger partial charge in [-0.15, -0.1) is 0 Å². The fourth-order valence-corrected chi connectivity index (χ4v) is 4.17. The molecule has 0 unspecified atom stereocenters. The molecule has 168 valence electrons. The SMILES string of the molecule is CCCC[C@](C)(O)CC=C[C@@H]1[C@H](CCCCCCCCC(=O)OC)C(=O)C[C@@H]1O. The van der Waals surface area contributed by atoms with Crippen LogP contribution in [-0.4, -0.2) is 40.8 Å². The second-order valence-electron chi connectivity index (χ2n) is 8.89. The molecule has 2 N–H and O–H groups in total. The summed E-state index contributed by atoms with van der Waals surface area (Å²) in [5.74, 6) is -0.192. The number of ketones is 1. The molecule has 0 aromatic rings. The minimum absolute atomic E-state index is 0.0961. The second kappa shape index (κ2) is 13.9.